The molecule has 2 atom stereocenters. The van der Waals surface area contributed by atoms with Gasteiger partial charge in [-0.05, 0) is 31.9 Å². The summed E-state index contributed by atoms with van der Waals surface area (Å²) in [6.45, 7) is 1.59. The first-order chi connectivity index (χ1) is 13.1. The summed E-state index contributed by atoms with van der Waals surface area (Å²) in [5, 5.41) is 2.40. The number of hydrogen-bond donors (Lipinski definition) is 0. The van der Waals surface area contributed by atoms with Crippen molar-refractivity contribution in [3.05, 3.63) is 53.6 Å². The zero-order valence-electron chi connectivity index (χ0n) is 14.9. The van der Waals surface area contributed by atoms with Gasteiger partial charge in [-0.3, -0.25) is 24.2 Å². The Hall–Kier alpha value is -2.80. The van der Waals surface area contributed by atoms with Gasteiger partial charge >= 0.3 is 0 Å². The van der Waals surface area contributed by atoms with Crippen LogP contribution in [-0.2, 0) is 14.4 Å². The molecule has 3 amide bonds. The molecule has 1 aromatic carbocycles. The number of para-hydroxylation sites is 1. The Labute approximate surface area is 161 Å². The molecule has 1 aromatic heterocycles. The summed E-state index contributed by atoms with van der Waals surface area (Å²) >= 11 is 1.36. The van der Waals surface area contributed by atoms with Crippen molar-refractivity contribution >= 4 is 39.9 Å². The van der Waals surface area contributed by atoms with E-state index < -0.39 is 0 Å². The molecule has 27 heavy (non-hydrogen) atoms. The molecule has 0 radical (unpaired) electrons. The Bertz CT molecular complexity index is 896. The van der Waals surface area contributed by atoms with Crippen molar-refractivity contribution in [1.29, 1.82) is 0 Å². The number of carbonyl (C=O) groups is 3. The van der Waals surface area contributed by atoms with Gasteiger partial charge in [-0.15, -0.1) is 11.3 Å². The predicted octanol–water partition coefficient (Wildman–Crippen LogP) is 3.07. The van der Waals surface area contributed by atoms with E-state index in [1.807, 2.05) is 54.8 Å². The number of hydrogen-bond acceptors (Lipinski definition) is 5. The van der Waals surface area contributed by atoms with Gasteiger partial charge in [0.05, 0.1) is 23.2 Å². The highest BCUT2D eigenvalue weighted by atomic mass is 32.1. The maximum absolute atomic E-state index is 13.1. The molecule has 4 rings (SSSR count). The van der Waals surface area contributed by atoms with Crippen molar-refractivity contribution in [2.75, 3.05) is 11.4 Å². The SMILES string of the molecule is Cc1csc(N(C(=O)CN2C(=O)C3CC=CCC3C2=O)c2ccccc2)n1. The van der Waals surface area contributed by atoms with E-state index in [0.29, 0.717) is 23.7 Å². The number of nitrogens with zero attached hydrogens (tertiary/aromatic N) is 3. The van der Waals surface area contributed by atoms with E-state index in [0.717, 1.165) is 10.6 Å². The topological polar surface area (TPSA) is 70.6 Å². The molecule has 2 unspecified atom stereocenters. The van der Waals surface area contributed by atoms with Gasteiger partial charge in [0.15, 0.2) is 5.13 Å². The second kappa shape index (κ2) is 7.08. The predicted molar refractivity (Wildman–Crippen MR) is 103 cm³/mol. The molecule has 7 heteroatoms. The first-order valence-corrected chi connectivity index (χ1v) is 9.74. The number of anilines is 2. The molecular formula is C20H19N3O3S. The molecule has 1 aliphatic carbocycles. The molecule has 0 spiro atoms. The summed E-state index contributed by atoms with van der Waals surface area (Å²) in [4.78, 5) is 45.5. The number of likely N-dealkylation sites (tertiary alicyclic amines) is 1. The molecule has 2 aromatic rings. The van der Waals surface area contributed by atoms with E-state index in [4.69, 9.17) is 0 Å². The molecule has 1 aliphatic heterocycles. The Morgan fingerprint density at radius 2 is 1.78 bits per heavy atom. The minimum Gasteiger partial charge on any atom is -0.274 e. The van der Waals surface area contributed by atoms with Gasteiger partial charge in [-0.2, -0.15) is 0 Å². The van der Waals surface area contributed by atoms with Crippen LogP contribution < -0.4 is 4.90 Å². The molecule has 1 fully saturated rings. The van der Waals surface area contributed by atoms with Crippen molar-refractivity contribution < 1.29 is 14.4 Å². The number of rotatable bonds is 4. The fraction of sp³-hybridized carbons (Fsp3) is 0.300. The fourth-order valence-electron chi connectivity index (χ4n) is 3.61. The average Bonchev–Trinajstić information content (AvgIpc) is 3.20. The molecule has 2 heterocycles. The minimum atomic E-state index is -0.344. The zero-order chi connectivity index (χ0) is 19.0. The van der Waals surface area contributed by atoms with Crippen LogP contribution in [-0.4, -0.2) is 34.2 Å². The van der Waals surface area contributed by atoms with Crippen LogP contribution in [0.5, 0.6) is 0 Å². The lowest BCUT2D eigenvalue weighted by atomic mass is 9.85. The minimum absolute atomic E-state index is 0.244. The number of carbonyl (C=O) groups excluding carboxylic acids is 3. The summed E-state index contributed by atoms with van der Waals surface area (Å²) < 4.78 is 0. The average molecular weight is 381 g/mol. The van der Waals surface area contributed by atoms with Gasteiger partial charge in [0.25, 0.3) is 5.91 Å². The van der Waals surface area contributed by atoms with Crippen LogP contribution in [0, 0.1) is 18.8 Å². The van der Waals surface area contributed by atoms with Crippen LogP contribution in [0.15, 0.2) is 47.9 Å². The Morgan fingerprint density at radius 1 is 1.15 bits per heavy atom. The first kappa shape index (κ1) is 17.6. The maximum atomic E-state index is 13.1. The fourth-order valence-corrected chi connectivity index (χ4v) is 4.45. The Morgan fingerprint density at radius 3 is 2.33 bits per heavy atom. The van der Waals surface area contributed by atoms with E-state index in [9.17, 15) is 14.4 Å². The van der Waals surface area contributed by atoms with Crippen molar-refractivity contribution in [2.24, 2.45) is 11.8 Å². The number of imide groups is 1. The van der Waals surface area contributed by atoms with Crippen LogP contribution in [0.1, 0.15) is 18.5 Å². The highest BCUT2D eigenvalue weighted by Gasteiger charge is 2.48. The van der Waals surface area contributed by atoms with Crippen molar-refractivity contribution in [3.63, 3.8) is 0 Å². The third-order valence-electron chi connectivity index (χ3n) is 4.95. The first-order valence-electron chi connectivity index (χ1n) is 8.86. The molecule has 0 saturated carbocycles. The normalized spacial score (nSPS) is 21.4. The third-order valence-corrected chi connectivity index (χ3v) is 5.90. The highest BCUT2D eigenvalue weighted by molar-refractivity contribution is 7.14. The lowest BCUT2D eigenvalue weighted by Gasteiger charge is -2.23. The number of allylic oxidation sites excluding steroid dienone is 2. The van der Waals surface area contributed by atoms with Crippen LogP contribution >= 0.6 is 11.3 Å². The maximum Gasteiger partial charge on any atom is 0.253 e. The summed E-state index contributed by atoms with van der Waals surface area (Å²) in [5.74, 6) is -1.49. The quantitative estimate of drug-likeness (QED) is 0.603. The van der Waals surface area contributed by atoms with Gasteiger partial charge in [0, 0.05) is 5.38 Å². The number of fused-ring (bicyclic) bond motifs is 1. The number of aromatic nitrogens is 1. The Balaban J connectivity index is 1.61. The van der Waals surface area contributed by atoms with E-state index in [-0.39, 0.29) is 36.1 Å². The largest absolute Gasteiger partial charge is 0.274 e. The summed E-state index contributed by atoms with van der Waals surface area (Å²) in [5.41, 5.74) is 1.48. The summed E-state index contributed by atoms with van der Waals surface area (Å²) in [6.07, 6.45) is 5.00. The number of thiazole rings is 1. The number of benzene rings is 1. The van der Waals surface area contributed by atoms with E-state index in [1.165, 1.54) is 16.2 Å². The lowest BCUT2D eigenvalue weighted by molar-refractivity contribution is -0.143. The van der Waals surface area contributed by atoms with E-state index >= 15 is 0 Å². The van der Waals surface area contributed by atoms with Crippen LogP contribution in [0.2, 0.25) is 0 Å². The molecular weight excluding hydrogens is 362 g/mol. The van der Waals surface area contributed by atoms with Gasteiger partial charge in [-0.1, -0.05) is 30.4 Å². The molecule has 0 N–H and O–H groups in total. The highest BCUT2D eigenvalue weighted by Crippen LogP contribution is 2.35. The zero-order valence-corrected chi connectivity index (χ0v) is 15.7. The summed E-state index contributed by atoms with van der Waals surface area (Å²) in [6, 6.07) is 9.16. The van der Waals surface area contributed by atoms with Crippen LogP contribution in [0.4, 0.5) is 10.8 Å². The van der Waals surface area contributed by atoms with Gasteiger partial charge in [0.1, 0.15) is 6.54 Å². The molecule has 0 bridgehead atoms. The molecule has 1 saturated heterocycles. The van der Waals surface area contributed by atoms with Gasteiger partial charge in [-0.25, -0.2) is 4.98 Å². The van der Waals surface area contributed by atoms with Crippen molar-refractivity contribution in [2.45, 2.75) is 19.8 Å². The summed E-state index contributed by atoms with van der Waals surface area (Å²) in [7, 11) is 0. The molecule has 2 aliphatic rings. The Kier molecular flexibility index (Phi) is 4.61. The molecule has 138 valence electrons. The smallest absolute Gasteiger partial charge is 0.253 e. The van der Waals surface area contributed by atoms with E-state index in [2.05, 4.69) is 4.98 Å². The monoisotopic (exact) mass is 381 g/mol. The van der Waals surface area contributed by atoms with Crippen LogP contribution in [0.25, 0.3) is 0 Å². The molecule has 6 nitrogen and oxygen atoms in total. The van der Waals surface area contributed by atoms with Crippen molar-refractivity contribution in [3.8, 4) is 0 Å². The number of aryl methyl sites for hydroxylation is 1. The second-order valence-corrected chi connectivity index (χ2v) is 7.59. The number of amides is 3. The van der Waals surface area contributed by atoms with Crippen molar-refractivity contribution in [1.82, 2.24) is 9.88 Å². The van der Waals surface area contributed by atoms with Gasteiger partial charge in [0.2, 0.25) is 11.8 Å². The third kappa shape index (κ3) is 3.19. The lowest BCUT2D eigenvalue weighted by Crippen LogP contribution is -2.41. The standard InChI is InChI=1S/C20H19N3O3S/c1-13-12-27-20(21-13)23(14-7-3-2-4-8-14)17(24)11-22-18(25)15-9-5-6-10-16(15)19(22)26/h2-8,12,15-16H,9-11H2,1H3. The van der Waals surface area contributed by atoms with E-state index in [1.54, 1.807) is 0 Å². The second-order valence-electron chi connectivity index (χ2n) is 6.75. The van der Waals surface area contributed by atoms with Crippen LogP contribution in [0.3, 0.4) is 0 Å². The van der Waals surface area contributed by atoms with Gasteiger partial charge < -0.3 is 0 Å².